The molecule has 5 nitrogen and oxygen atoms in total. The number of nitrogens with one attached hydrogen (secondary N) is 1. The van der Waals surface area contributed by atoms with E-state index in [0.717, 1.165) is 22.0 Å². The Balaban J connectivity index is 1.69. The Bertz CT molecular complexity index is 1270. The minimum atomic E-state index is -0.404. The van der Waals surface area contributed by atoms with E-state index < -0.39 is 5.91 Å². The third kappa shape index (κ3) is 8.16. The van der Waals surface area contributed by atoms with Gasteiger partial charge in [-0.1, -0.05) is 59.6 Å². The number of ether oxygens (including phenoxy) is 2. The van der Waals surface area contributed by atoms with Crippen LogP contribution in [-0.4, -0.2) is 19.1 Å². The molecule has 0 saturated carbocycles. The van der Waals surface area contributed by atoms with E-state index in [-0.39, 0.29) is 12.2 Å². The predicted molar refractivity (Wildman–Crippen MR) is 152 cm³/mol. The first-order valence-electron chi connectivity index (χ1n) is 11.4. The van der Waals surface area contributed by atoms with Gasteiger partial charge in [0.1, 0.15) is 18.2 Å². The minimum absolute atomic E-state index is 0.0254. The lowest BCUT2D eigenvalue weighted by Crippen LogP contribution is -2.25. The van der Waals surface area contributed by atoms with Crippen molar-refractivity contribution in [3.05, 3.63) is 96.5 Å². The second kappa shape index (κ2) is 14.1. The maximum absolute atomic E-state index is 12.6. The summed E-state index contributed by atoms with van der Waals surface area (Å²) in [6, 6.07) is 21.0. The maximum atomic E-state index is 12.6. The normalized spacial score (nSPS) is 11.0. The number of carbonyl (C=O) groups excluding carboxylic acids is 1. The van der Waals surface area contributed by atoms with Crippen molar-refractivity contribution in [2.75, 3.05) is 13.2 Å². The molecule has 3 rings (SSSR count). The number of benzene rings is 3. The quantitative estimate of drug-likeness (QED) is 0.105. The SMILES string of the molecule is CCOc1cc(/C=C(/C#N)C(=O)NCCCc2ccccc2)cc(I)c1OCc1ccc(Cl)c(Cl)c1. The van der Waals surface area contributed by atoms with E-state index >= 15 is 0 Å². The molecule has 0 bridgehead atoms. The van der Waals surface area contributed by atoms with Crippen LogP contribution in [0.15, 0.2) is 66.2 Å². The molecule has 0 heterocycles. The molecule has 0 radical (unpaired) electrons. The number of carbonyl (C=O) groups is 1. The molecule has 0 aromatic heterocycles. The standard InChI is InChI=1S/C28H25Cl2IN2O3/c1-2-35-26-16-21(15-25(31)27(26)36-18-20-10-11-23(29)24(30)14-20)13-22(17-32)28(34)33-12-6-9-19-7-4-3-5-8-19/h3-5,7-8,10-11,13-16H,2,6,9,12,18H2,1H3,(H,33,34)/b22-13-. The van der Waals surface area contributed by atoms with Gasteiger partial charge in [0.2, 0.25) is 0 Å². The molecule has 0 aliphatic rings. The van der Waals surface area contributed by atoms with E-state index in [2.05, 4.69) is 40.0 Å². The Morgan fingerprint density at radius 3 is 2.53 bits per heavy atom. The third-order valence-electron chi connectivity index (χ3n) is 5.15. The van der Waals surface area contributed by atoms with Crippen LogP contribution in [0.25, 0.3) is 6.08 Å². The summed E-state index contributed by atoms with van der Waals surface area (Å²) < 4.78 is 12.6. The fraction of sp³-hybridized carbons (Fsp3) is 0.214. The average molecular weight is 635 g/mol. The number of nitrogens with zero attached hydrogens (tertiary/aromatic N) is 1. The highest BCUT2D eigenvalue weighted by Gasteiger charge is 2.15. The molecule has 1 N–H and O–H groups in total. The van der Waals surface area contributed by atoms with Crippen molar-refractivity contribution in [1.29, 1.82) is 5.26 Å². The molecule has 8 heteroatoms. The maximum Gasteiger partial charge on any atom is 0.261 e. The first-order valence-corrected chi connectivity index (χ1v) is 13.2. The van der Waals surface area contributed by atoms with Crippen LogP contribution in [0.3, 0.4) is 0 Å². The van der Waals surface area contributed by atoms with Gasteiger partial charge in [0.25, 0.3) is 5.91 Å². The lowest BCUT2D eigenvalue weighted by molar-refractivity contribution is -0.117. The first-order chi connectivity index (χ1) is 17.4. The monoisotopic (exact) mass is 634 g/mol. The summed E-state index contributed by atoms with van der Waals surface area (Å²) in [5.41, 5.74) is 2.77. The molecular weight excluding hydrogens is 610 g/mol. The summed E-state index contributed by atoms with van der Waals surface area (Å²) in [6.07, 6.45) is 3.19. The summed E-state index contributed by atoms with van der Waals surface area (Å²) in [6.45, 7) is 3.06. The Kier molecular flexibility index (Phi) is 10.9. The molecule has 0 fully saturated rings. The van der Waals surface area contributed by atoms with Crippen molar-refractivity contribution in [1.82, 2.24) is 5.32 Å². The fourth-order valence-corrected chi connectivity index (χ4v) is 4.51. The Labute approximate surface area is 235 Å². The average Bonchev–Trinajstić information content (AvgIpc) is 2.87. The molecule has 0 saturated heterocycles. The minimum Gasteiger partial charge on any atom is -0.490 e. The first kappa shape index (κ1) is 27.9. The van der Waals surface area contributed by atoms with Crippen LogP contribution in [-0.2, 0) is 17.8 Å². The van der Waals surface area contributed by atoms with Crippen LogP contribution in [0.2, 0.25) is 10.0 Å². The van der Waals surface area contributed by atoms with Gasteiger partial charge >= 0.3 is 0 Å². The number of aryl methyl sites for hydroxylation is 1. The van der Waals surface area contributed by atoms with Gasteiger partial charge < -0.3 is 14.8 Å². The lowest BCUT2D eigenvalue weighted by atomic mass is 10.1. The largest absolute Gasteiger partial charge is 0.490 e. The van der Waals surface area contributed by atoms with Crippen molar-refractivity contribution in [2.24, 2.45) is 0 Å². The lowest BCUT2D eigenvalue weighted by Gasteiger charge is -2.15. The Morgan fingerprint density at radius 2 is 1.83 bits per heavy atom. The number of amides is 1. The summed E-state index contributed by atoms with van der Waals surface area (Å²) in [5, 5.41) is 13.4. The van der Waals surface area contributed by atoms with Gasteiger partial charge in [0.05, 0.1) is 20.2 Å². The van der Waals surface area contributed by atoms with Crippen LogP contribution in [0, 0.1) is 14.9 Å². The van der Waals surface area contributed by atoms with Gasteiger partial charge in [0, 0.05) is 6.54 Å². The van der Waals surface area contributed by atoms with Crippen LogP contribution >= 0.6 is 45.8 Å². The molecule has 0 aliphatic heterocycles. The van der Waals surface area contributed by atoms with Gasteiger partial charge in [-0.15, -0.1) is 0 Å². The van der Waals surface area contributed by atoms with Crippen LogP contribution in [0.1, 0.15) is 30.0 Å². The molecule has 0 spiro atoms. The van der Waals surface area contributed by atoms with Crippen LogP contribution < -0.4 is 14.8 Å². The number of nitriles is 1. The summed E-state index contributed by atoms with van der Waals surface area (Å²) in [5.74, 6) is 0.694. The van der Waals surface area contributed by atoms with Gasteiger partial charge in [-0.05, 0) is 89.4 Å². The van der Waals surface area contributed by atoms with Crippen LogP contribution in [0.5, 0.6) is 11.5 Å². The van der Waals surface area contributed by atoms with Gasteiger partial charge in [0.15, 0.2) is 11.5 Å². The van der Waals surface area contributed by atoms with E-state index in [1.807, 2.05) is 43.3 Å². The molecule has 0 aliphatic carbocycles. The van der Waals surface area contributed by atoms with E-state index in [4.69, 9.17) is 32.7 Å². The number of hydrogen-bond acceptors (Lipinski definition) is 4. The third-order valence-corrected chi connectivity index (χ3v) is 6.69. The highest BCUT2D eigenvalue weighted by atomic mass is 127. The smallest absolute Gasteiger partial charge is 0.261 e. The zero-order valence-corrected chi connectivity index (χ0v) is 23.4. The van der Waals surface area contributed by atoms with E-state index in [1.165, 1.54) is 5.56 Å². The molecule has 3 aromatic carbocycles. The highest BCUT2D eigenvalue weighted by Crippen LogP contribution is 2.36. The van der Waals surface area contributed by atoms with Crippen LogP contribution in [0.4, 0.5) is 0 Å². The number of hydrogen-bond donors (Lipinski definition) is 1. The number of rotatable bonds is 11. The van der Waals surface area contributed by atoms with Crippen molar-refractivity contribution < 1.29 is 14.3 Å². The number of halogens is 3. The molecule has 3 aromatic rings. The highest BCUT2D eigenvalue weighted by molar-refractivity contribution is 14.1. The summed E-state index contributed by atoms with van der Waals surface area (Å²) >= 11 is 14.2. The molecule has 186 valence electrons. The summed E-state index contributed by atoms with van der Waals surface area (Å²) in [7, 11) is 0. The Morgan fingerprint density at radius 1 is 1.06 bits per heavy atom. The van der Waals surface area contributed by atoms with E-state index in [9.17, 15) is 10.1 Å². The van der Waals surface area contributed by atoms with E-state index in [1.54, 1.807) is 24.3 Å². The summed E-state index contributed by atoms with van der Waals surface area (Å²) in [4.78, 5) is 12.6. The molecular formula is C28H25Cl2IN2O3. The molecule has 1 amide bonds. The zero-order chi connectivity index (χ0) is 25.9. The van der Waals surface area contributed by atoms with Gasteiger partial charge in [-0.3, -0.25) is 4.79 Å². The van der Waals surface area contributed by atoms with Crippen molar-refractivity contribution >= 4 is 57.8 Å². The van der Waals surface area contributed by atoms with Crippen molar-refractivity contribution in [2.45, 2.75) is 26.4 Å². The zero-order valence-electron chi connectivity index (χ0n) is 19.7. The topological polar surface area (TPSA) is 71.3 Å². The van der Waals surface area contributed by atoms with Gasteiger partial charge in [-0.25, -0.2) is 0 Å². The molecule has 0 atom stereocenters. The Hall–Kier alpha value is -2.73. The molecule has 36 heavy (non-hydrogen) atoms. The van der Waals surface area contributed by atoms with Gasteiger partial charge in [-0.2, -0.15) is 5.26 Å². The second-order valence-electron chi connectivity index (χ2n) is 7.82. The predicted octanol–water partition coefficient (Wildman–Crippen LogP) is 7.23. The fourth-order valence-electron chi connectivity index (χ4n) is 3.41. The van der Waals surface area contributed by atoms with E-state index in [0.29, 0.717) is 40.3 Å². The molecule has 0 unspecified atom stereocenters. The van der Waals surface area contributed by atoms with Crippen molar-refractivity contribution in [3.63, 3.8) is 0 Å². The van der Waals surface area contributed by atoms with Crippen molar-refractivity contribution in [3.8, 4) is 17.6 Å². The second-order valence-corrected chi connectivity index (χ2v) is 9.79.